The van der Waals surface area contributed by atoms with Crippen LogP contribution in [0.2, 0.25) is 0 Å². The molecular weight excluding hydrogens is 1120 g/mol. The largest absolute Gasteiger partial charge is 0.482 e. The van der Waals surface area contributed by atoms with Gasteiger partial charge < -0.3 is 64.9 Å². The number of ketones is 1. The number of ether oxygens (including phenoxy) is 5. The number of pyridine rings is 1. The third-order valence-corrected chi connectivity index (χ3v) is 16.7. The third kappa shape index (κ3) is 16.6. The highest BCUT2D eigenvalue weighted by molar-refractivity contribution is 8.14. The number of hydrogen-bond donors (Lipinski definition) is 4. The van der Waals surface area contributed by atoms with Gasteiger partial charge in [0.1, 0.15) is 36.2 Å². The number of amides is 5. The molecule has 2 saturated heterocycles. The fourth-order valence-corrected chi connectivity index (χ4v) is 11.9. The number of nitrogens with one attached hydrogen (secondary N) is 3. The number of thioether (sulfide) groups is 1. The van der Waals surface area contributed by atoms with Crippen molar-refractivity contribution in [3.05, 3.63) is 99.9 Å². The van der Waals surface area contributed by atoms with Gasteiger partial charge in [-0.1, -0.05) is 24.3 Å². The summed E-state index contributed by atoms with van der Waals surface area (Å²) >= 11 is 1.46. The fourth-order valence-electron chi connectivity index (χ4n) is 10.7. The summed E-state index contributed by atoms with van der Waals surface area (Å²) in [5.74, 6) is -0.712. The monoisotopic (exact) mass is 1190 g/mol. The molecule has 5 amide bonds. The maximum absolute atomic E-state index is 14.5. The molecule has 0 saturated carbocycles. The molecule has 23 nitrogen and oxygen atoms in total. The molecule has 4 aliphatic rings. The van der Waals surface area contributed by atoms with Gasteiger partial charge in [0.05, 0.1) is 89.5 Å². The molecule has 2 fully saturated rings. The zero-order valence-electron chi connectivity index (χ0n) is 48.9. The van der Waals surface area contributed by atoms with Crippen molar-refractivity contribution < 1.29 is 56.8 Å². The number of carbonyl (C=O) groups is 6. The zero-order valence-corrected chi connectivity index (χ0v) is 49.8. The summed E-state index contributed by atoms with van der Waals surface area (Å²) in [6.45, 7) is 17.7. The molecule has 2 bridgehead atoms. The first-order chi connectivity index (χ1) is 41.0. The normalized spacial score (nSPS) is 18.7. The smallest absolute Gasteiger partial charge is 0.260 e. The van der Waals surface area contributed by atoms with Gasteiger partial charge in [0.15, 0.2) is 17.4 Å². The number of hydrogen-bond acceptors (Lipinski definition) is 17. The molecular formula is C60H77FN12O11S. The summed E-state index contributed by atoms with van der Waals surface area (Å²) in [5, 5.41) is 14.3. The second-order valence-corrected chi connectivity index (χ2v) is 22.5. The van der Waals surface area contributed by atoms with Crippen molar-refractivity contribution in [3.63, 3.8) is 0 Å². The second-order valence-electron chi connectivity index (χ2n) is 21.5. The minimum Gasteiger partial charge on any atom is -0.482 e. The average molecular weight is 1190 g/mol. The van der Waals surface area contributed by atoms with Gasteiger partial charge in [0.25, 0.3) is 11.7 Å². The maximum atomic E-state index is 14.5. The van der Waals surface area contributed by atoms with E-state index in [4.69, 9.17) is 46.1 Å². The van der Waals surface area contributed by atoms with Crippen LogP contribution in [0.4, 0.5) is 16.0 Å². The molecule has 5 atom stereocenters. The molecule has 4 aromatic rings. The number of halogens is 1. The minimum absolute atomic E-state index is 0.0567. The quantitative estimate of drug-likeness (QED) is 0.0369. The number of anilines is 1. The number of nitrogens with two attached hydrogens (primary N) is 1. The fraction of sp³-hybridized carbons (Fsp3) is 0.533. The number of nitrogens with zero attached hydrogens (tertiary/aromatic N) is 8. The predicted octanol–water partition coefficient (Wildman–Crippen LogP) is 4.93. The Morgan fingerprint density at radius 2 is 1.61 bits per heavy atom. The van der Waals surface area contributed by atoms with E-state index >= 15 is 0 Å². The number of Topliss-reactive ketones (excluding diaryl/α,β-unsaturated/α-hetero) is 1. The first-order valence-electron chi connectivity index (χ1n) is 28.9. The van der Waals surface area contributed by atoms with Crippen LogP contribution in [0.5, 0.6) is 5.75 Å². The Morgan fingerprint density at radius 3 is 2.29 bits per heavy atom. The van der Waals surface area contributed by atoms with Gasteiger partial charge in [0, 0.05) is 67.3 Å². The van der Waals surface area contributed by atoms with Crippen LogP contribution in [0.25, 0.3) is 16.0 Å². The van der Waals surface area contributed by atoms with E-state index in [0.717, 1.165) is 17.0 Å². The van der Waals surface area contributed by atoms with E-state index in [1.165, 1.54) is 40.7 Å². The first-order valence-corrected chi connectivity index (χ1v) is 29.9. The van der Waals surface area contributed by atoms with Crippen molar-refractivity contribution >= 4 is 63.8 Å². The highest BCUT2D eigenvalue weighted by Crippen LogP contribution is 2.40. The van der Waals surface area contributed by atoms with E-state index < -0.39 is 30.0 Å². The third-order valence-electron chi connectivity index (χ3n) is 15.6. The Kier molecular flexibility index (Phi) is 23.0. The Morgan fingerprint density at radius 1 is 0.929 bits per heavy atom. The Labute approximate surface area is 499 Å². The predicted molar refractivity (Wildman–Crippen MR) is 317 cm³/mol. The molecule has 2 aromatic heterocycles. The lowest BCUT2D eigenvalue weighted by molar-refractivity contribution is -0.140. The summed E-state index contributed by atoms with van der Waals surface area (Å²) in [5.41, 5.74) is 10.3. The van der Waals surface area contributed by atoms with Crippen LogP contribution in [0.1, 0.15) is 96.0 Å². The molecule has 0 aliphatic carbocycles. The van der Waals surface area contributed by atoms with E-state index in [2.05, 4.69) is 25.8 Å². The number of aryl methyl sites for hydroxylation is 1. The first kappa shape index (κ1) is 63.7. The number of likely N-dealkylation sites (tertiary alicyclic amines) is 2. The molecule has 2 aromatic carbocycles. The molecule has 85 heavy (non-hydrogen) atoms. The molecule has 5 N–H and O–H groups in total. The van der Waals surface area contributed by atoms with E-state index in [9.17, 15) is 33.2 Å². The van der Waals surface area contributed by atoms with Gasteiger partial charge in [-0.2, -0.15) is 4.68 Å². The molecule has 4 aliphatic heterocycles. The average Bonchev–Trinajstić information content (AvgIpc) is 3.43. The maximum Gasteiger partial charge on any atom is 0.260 e. The second kappa shape index (κ2) is 30.6. The molecule has 456 valence electrons. The Hall–Kier alpha value is -7.34. The minimum atomic E-state index is -0.804. The summed E-state index contributed by atoms with van der Waals surface area (Å²) in [4.78, 5) is 98.8. The van der Waals surface area contributed by atoms with Crippen LogP contribution in [0.3, 0.4) is 0 Å². The van der Waals surface area contributed by atoms with Crippen LogP contribution in [-0.2, 0) is 51.2 Å². The van der Waals surface area contributed by atoms with Crippen molar-refractivity contribution in [3.8, 4) is 16.9 Å². The lowest BCUT2D eigenvalue weighted by atomic mass is 9.88. The summed E-state index contributed by atoms with van der Waals surface area (Å²) < 4.78 is 43.8. The highest BCUT2D eigenvalue weighted by Gasteiger charge is 2.43. The molecule has 25 heteroatoms. The Bertz CT molecular complexity index is 3090. The van der Waals surface area contributed by atoms with Gasteiger partial charge in [-0.15, -0.1) is 16.9 Å². The highest BCUT2D eigenvalue weighted by atomic mass is 32.2. The van der Waals surface area contributed by atoms with Crippen molar-refractivity contribution in [2.45, 2.75) is 103 Å². The van der Waals surface area contributed by atoms with E-state index in [1.54, 1.807) is 54.0 Å². The standard InChI is InChI=1S/C60H77FN12O11S/c1-37-9-14-44-45(32-37)39(3)84-49-33-42(34-66-55(49)62)52-46(35-70(6)59(44)78)69-73(56(52)64-5)23-19-65-50(74)17-24-80-26-28-82-30-31-83-29-27-81-25-18-51(75)71-21-15-40(16-22-71)53(68-57(77)38(2)63-4)60(79)72-20-7-8-48(72)58-67-47(36-85-58)54(76)41-10-12-43(61)13-11-41/h9-14,32-34,38-40,47-48,53,63H,7-8,15-31,35-36H2,1-4,6H3,(H2,62,66)(H,65,74)(H,68,77)/t38-,39+,47?,48-,53-/m0/s1. The van der Waals surface area contributed by atoms with Crippen LogP contribution in [0.15, 0.2) is 59.7 Å². The van der Waals surface area contributed by atoms with E-state index in [0.29, 0.717) is 117 Å². The van der Waals surface area contributed by atoms with Gasteiger partial charge in [-0.25, -0.2) is 9.37 Å². The van der Waals surface area contributed by atoms with Crippen LogP contribution in [-0.4, -0.2) is 193 Å². The number of aromatic nitrogens is 3. The number of fused-ring (bicyclic) bond motifs is 5. The van der Waals surface area contributed by atoms with E-state index in [-0.39, 0.29) is 111 Å². The molecule has 0 radical (unpaired) electrons. The summed E-state index contributed by atoms with van der Waals surface area (Å²) in [6, 6.07) is 10.5. The number of nitrogen functional groups attached to an aromatic ring is 1. The van der Waals surface area contributed by atoms with Gasteiger partial charge in [-0.05, 0) is 101 Å². The number of piperidine rings is 1. The molecule has 1 unspecified atom stereocenters. The van der Waals surface area contributed by atoms with Crippen molar-refractivity contribution in [2.24, 2.45) is 10.9 Å². The van der Waals surface area contributed by atoms with Crippen LogP contribution >= 0.6 is 11.8 Å². The van der Waals surface area contributed by atoms with Crippen molar-refractivity contribution in [1.82, 2.24) is 45.4 Å². The van der Waals surface area contributed by atoms with Gasteiger partial charge in [0.2, 0.25) is 23.6 Å². The van der Waals surface area contributed by atoms with Crippen molar-refractivity contribution in [1.29, 1.82) is 0 Å². The lowest BCUT2D eigenvalue weighted by Crippen LogP contribution is -2.58. The van der Waals surface area contributed by atoms with Crippen LogP contribution in [0, 0.1) is 25.2 Å². The number of carbonyl (C=O) groups excluding carboxylic acids is 6. The SMILES string of the molecule is [C-]#[N+]c1c2c(nn1CCNC(=O)CCOCCOCCOCCOCCC(=O)N1CCC([C@H](NC(=O)[C@H](C)NC)C(=O)N3CCC[C@H]3C3=NC(C(=O)c4ccc(F)cc4)CS3)CC1)CN(C)C(=O)c1ccc(C)cc1[C@@H](C)Oc1cc-2cnc1N. The number of likely N-dealkylation sites (N-methyl/N-ethyl adjacent to an activating group) is 1. The number of aliphatic imine (C=N–C) groups is 1. The van der Waals surface area contributed by atoms with Gasteiger partial charge in [-0.3, -0.25) is 33.8 Å². The van der Waals surface area contributed by atoms with E-state index in [1.807, 2.05) is 26.0 Å². The number of rotatable bonds is 26. The molecule has 8 rings (SSSR count). The van der Waals surface area contributed by atoms with Crippen molar-refractivity contribution in [2.75, 3.05) is 105 Å². The van der Waals surface area contributed by atoms with Crippen LogP contribution < -0.4 is 26.4 Å². The zero-order chi connectivity index (χ0) is 60.6. The lowest BCUT2D eigenvalue weighted by Gasteiger charge is -2.38. The summed E-state index contributed by atoms with van der Waals surface area (Å²) in [7, 11) is 3.36. The summed E-state index contributed by atoms with van der Waals surface area (Å²) in [6.07, 6.45) is 3.80. The Balaban J connectivity index is 0.681. The molecule has 0 spiro atoms. The number of benzene rings is 2. The molecule has 6 heterocycles. The van der Waals surface area contributed by atoms with Gasteiger partial charge >= 0.3 is 0 Å². The topological polar surface area (TPSA) is 268 Å².